The largest absolute Gasteiger partial charge is 0.478 e. The summed E-state index contributed by atoms with van der Waals surface area (Å²) in [6, 6.07) is 9.41. The highest BCUT2D eigenvalue weighted by Crippen LogP contribution is 2.47. The molecule has 2 heterocycles. The number of rotatable bonds is 5. The number of hydrogen-bond acceptors (Lipinski definition) is 5. The standard InChI is InChI=1S/C18H17NO6/c1-24-17(23)18(9-5-8-12-6-3-2-4-7-12)13(10-16(21)22)25-15-11-14(20)19(15)18/h2-8,10,15H,9,11H2,1H3,(H,21,22)/b8-5+,13-10+/t15-,18?/m1/s1. The number of carboxylic acid groups (broad SMARTS) is 1. The highest BCUT2D eigenvalue weighted by molar-refractivity contribution is 5.97. The molecule has 0 bridgehead atoms. The van der Waals surface area contributed by atoms with E-state index in [9.17, 15) is 14.4 Å². The minimum absolute atomic E-state index is 0.0515. The minimum atomic E-state index is -1.58. The Balaban J connectivity index is 1.98. The number of carbonyl (C=O) groups is 3. The summed E-state index contributed by atoms with van der Waals surface area (Å²) in [6.07, 6.45) is 3.84. The van der Waals surface area contributed by atoms with Gasteiger partial charge in [0.25, 0.3) is 0 Å². The van der Waals surface area contributed by atoms with Gasteiger partial charge in [-0.15, -0.1) is 0 Å². The van der Waals surface area contributed by atoms with Crippen LogP contribution in [0.4, 0.5) is 0 Å². The number of fused-ring (bicyclic) bond motifs is 1. The molecule has 1 aromatic carbocycles. The van der Waals surface area contributed by atoms with Crippen LogP contribution in [0.5, 0.6) is 0 Å². The molecule has 1 N–H and O–H groups in total. The fourth-order valence-electron chi connectivity index (χ4n) is 3.15. The first-order valence-corrected chi connectivity index (χ1v) is 7.73. The van der Waals surface area contributed by atoms with Crippen LogP contribution in [0, 0.1) is 0 Å². The van der Waals surface area contributed by atoms with Crippen molar-refractivity contribution >= 4 is 23.9 Å². The number of esters is 1. The number of carboxylic acids is 1. The maximum atomic E-state index is 12.5. The lowest BCUT2D eigenvalue weighted by Crippen LogP contribution is -2.62. The summed E-state index contributed by atoms with van der Waals surface area (Å²) in [6.45, 7) is 0. The van der Waals surface area contributed by atoms with Crippen molar-refractivity contribution in [3.63, 3.8) is 0 Å². The van der Waals surface area contributed by atoms with Gasteiger partial charge in [0.1, 0.15) is 5.76 Å². The number of methoxy groups -OCH3 is 1. The zero-order chi connectivity index (χ0) is 18.0. The second-order valence-electron chi connectivity index (χ2n) is 5.76. The molecular formula is C18H17NO6. The van der Waals surface area contributed by atoms with Crippen LogP contribution >= 0.6 is 0 Å². The van der Waals surface area contributed by atoms with Crippen molar-refractivity contribution in [1.82, 2.24) is 4.90 Å². The molecule has 7 heteroatoms. The molecule has 3 rings (SSSR count). The van der Waals surface area contributed by atoms with E-state index in [-0.39, 0.29) is 24.5 Å². The average molecular weight is 343 g/mol. The molecule has 1 unspecified atom stereocenters. The minimum Gasteiger partial charge on any atom is -0.478 e. The maximum absolute atomic E-state index is 12.5. The Morgan fingerprint density at radius 3 is 2.72 bits per heavy atom. The second kappa shape index (κ2) is 6.43. The molecular weight excluding hydrogens is 326 g/mol. The van der Waals surface area contributed by atoms with E-state index in [2.05, 4.69) is 0 Å². The Labute approximate surface area is 144 Å². The Morgan fingerprint density at radius 2 is 2.12 bits per heavy atom. The molecule has 25 heavy (non-hydrogen) atoms. The Bertz CT molecular complexity index is 769. The van der Waals surface area contributed by atoms with Gasteiger partial charge in [0.2, 0.25) is 11.4 Å². The van der Waals surface area contributed by atoms with Crippen molar-refractivity contribution in [1.29, 1.82) is 0 Å². The highest BCUT2D eigenvalue weighted by atomic mass is 16.6. The summed E-state index contributed by atoms with van der Waals surface area (Å²) in [5.74, 6) is -2.35. The van der Waals surface area contributed by atoms with E-state index in [1.165, 1.54) is 12.0 Å². The van der Waals surface area contributed by atoms with Gasteiger partial charge < -0.3 is 14.6 Å². The predicted octanol–water partition coefficient (Wildman–Crippen LogP) is 1.56. The number of nitrogens with zero attached hydrogens (tertiary/aromatic N) is 1. The summed E-state index contributed by atoms with van der Waals surface area (Å²) in [7, 11) is 1.20. The molecule has 0 aromatic heterocycles. The molecule has 2 saturated heterocycles. The van der Waals surface area contributed by atoms with Gasteiger partial charge >= 0.3 is 11.9 Å². The van der Waals surface area contributed by atoms with E-state index in [1.54, 1.807) is 12.2 Å². The van der Waals surface area contributed by atoms with Gasteiger partial charge in [-0.3, -0.25) is 9.69 Å². The molecule has 2 atom stereocenters. The molecule has 1 amide bonds. The SMILES string of the molecule is COC(=O)C1(C/C=C/c2ccccc2)/C(=C\C(=O)O)O[C@@H]2CC(=O)N21. The molecule has 0 aliphatic carbocycles. The molecule has 2 aliphatic rings. The van der Waals surface area contributed by atoms with Crippen LogP contribution in [0.3, 0.4) is 0 Å². The molecule has 0 spiro atoms. The number of aliphatic carboxylic acids is 1. The van der Waals surface area contributed by atoms with Crippen molar-refractivity contribution in [3.8, 4) is 0 Å². The molecule has 0 radical (unpaired) electrons. The molecule has 1 aromatic rings. The van der Waals surface area contributed by atoms with E-state index in [4.69, 9.17) is 14.6 Å². The van der Waals surface area contributed by atoms with Crippen LogP contribution in [-0.4, -0.2) is 46.7 Å². The van der Waals surface area contributed by atoms with Crippen molar-refractivity contribution < 1.29 is 29.0 Å². The summed E-state index contributed by atoms with van der Waals surface area (Å²) in [5, 5.41) is 9.09. The fourth-order valence-corrected chi connectivity index (χ4v) is 3.15. The van der Waals surface area contributed by atoms with E-state index >= 15 is 0 Å². The van der Waals surface area contributed by atoms with Gasteiger partial charge in [-0.2, -0.15) is 0 Å². The normalized spacial score (nSPS) is 26.3. The smallest absolute Gasteiger partial charge is 0.340 e. The second-order valence-corrected chi connectivity index (χ2v) is 5.76. The van der Waals surface area contributed by atoms with Gasteiger partial charge in [-0.25, -0.2) is 9.59 Å². The monoisotopic (exact) mass is 343 g/mol. The predicted molar refractivity (Wildman–Crippen MR) is 86.9 cm³/mol. The van der Waals surface area contributed by atoms with Crippen molar-refractivity contribution in [2.75, 3.05) is 7.11 Å². The third-order valence-electron chi connectivity index (χ3n) is 4.29. The fraction of sp³-hybridized carbons (Fsp3) is 0.278. The Hall–Kier alpha value is -3.09. The number of hydrogen-bond donors (Lipinski definition) is 1. The highest BCUT2D eigenvalue weighted by Gasteiger charge is 2.64. The summed E-state index contributed by atoms with van der Waals surface area (Å²) >= 11 is 0. The lowest BCUT2D eigenvalue weighted by atomic mass is 9.87. The first-order valence-electron chi connectivity index (χ1n) is 7.73. The van der Waals surface area contributed by atoms with Crippen molar-refractivity contribution in [3.05, 3.63) is 53.8 Å². The van der Waals surface area contributed by atoms with Crippen molar-refractivity contribution in [2.45, 2.75) is 24.6 Å². The quantitative estimate of drug-likeness (QED) is 0.495. The first kappa shape index (κ1) is 16.8. The third-order valence-corrected chi connectivity index (χ3v) is 4.29. The maximum Gasteiger partial charge on any atom is 0.340 e. The van der Waals surface area contributed by atoms with Crippen LogP contribution in [0.1, 0.15) is 18.4 Å². The number of benzene rings is 1. The van der Waals surface area contributed by atoms with E-state index in [1.807, 2.05) is 30.3 Å². The molecule has 130 valence electrons. The summed E-state index contributed by atoms with van der Waals surface area (Å²) in [4.78, 5) is 37.0. The van der Waals surface area contributed by atoms with Crippen LogP contribution in [0.15, 0.2) is 48.2 Å². The Kier molecular flexibility index (Phi) is 4.31. The van der Waals surface area contributed by atoms with Gasteiger partial charge in [-0.1, -0.05) is 42.5 Å². The average Bonchev–Trinajstić information content (AvgIpc) is 2.83. The van der Waals surface area contributed by atoms with Gasteiger partial charge in [-0.05, 0) is 5.56 Å². The number of ether oxygens (including phenoxy) is 2. The van der Waals surface area contributed by atoms with E-state index in [0.717, 1.165) is 11.6 Å². The number of carbonyl (C=O) groups excluding carboxylic acids is 2. The van der Waals surface area contributed by atoms with Gasteiger partial charge in [0.15, 0.2) is 6.23 Å². The van der Waals surface area contributed by atoms with Crippen molar-refractivity contribution in [2.24, 2.45) is 0 Å². The zero-order valence-corrected chi connectivity index (χ0v) is 13.5. The zero-order valence-electron chi connectivity index (χ0n) is 13.5. The van der Waals surface area contributed by atoms with Gasteiger partial charge in [0, 0.05) is 6.42 Å². The lowest BCUT2D eigenvalue weighted by molar-refractivity contribution is -0.171. The molecule has 2 aliphatic heterocycles. The Morgan fingerprint density at radius 1 is 1.40 bits per heavy atom. The molecule has 7 nitrogen and oxygen atoms in total. The van der Waals surface area contributed by atoms with E-state index in [0.29, 0.717) is 0 Å². The van der Waals surface area contributed by atoms with Gasteiger partial charge in [0.05, 0.1) is 19.6 Å². The third kappa shape index (κ3) is 2.77. The molecule has 2 fully saturated rings. The van der Waals surface area contributed by atoms with Crippen LogP contribution in [-0.2, 0) is 23.9 Å². The lowest BCUT2D eigenvalue weighted by Gasteiger charge is -2.40. The topological polar surface area (TPSA) is 93.1 Å². The number of β-lactam (4-membered cyclic amide) rings is 1. The first-order chi connectivity index (χ1) is 12.0. The van der Waals surface area contributed by atoms with Crippen LogP contribution in [0.2, 0.25) is 0 Å². The summed E-state index contributed by atoms with van der Waals surface area (Å²) < 4.78 is 10.4. The number of amides is 1. The summed E-state index contributed by atoms with van der Waals surface area (Å²) in [5.41, 5.74) is -0.671. The van der Waals surface area contributed by atoms with Crippen LogP contribution in [0.25, 0.3) is 6.08 Å². The van der Waals surface area contributed by atoms with Crippen LogP contribution < -0.4 is 0 Å². The molecule has 0 saturated carbocycles. The van der Waals surface area contributed by atoms with E-state index < -0.39 is 23.7 Å².